The van der Waals surface area contributed by atoms with Crippen molar-refractivity contribution in [1.29, 1.82) is 0 Å². The molecule has 0 N–H and O–H groups in total. The third-order valence-corrected chi connectivity index (χ3v) is 0.378. The Kier molecular flexibility index (Phi) is 3.71. The molecule has 0 aliphatic carbocycles. The van der Waals surface area contributed by atoms with Crippen molar-refractivity contribution >= 4 is 6.46 Å². The molecule has 0 saturated carbocycles. The summed E-state index contributed by atoms with van der Waals surface area (Å²) >= 11 is 0.874. The van der Waals surface area contributed by atoms with Crippen molar-refractivity contribution in [3.8, 4) is 0 Å². The molecule has 0 radical (unpaired) electrons. The van der Waals surface area contributed by atoms with Crippen LogP contribution in [0.5, 0.6) is 0 Å². The van der Waals surface area contributed by atoms with Gasteiger partial charge in [-0.05, 0) is 0 Å². The molecular weight excluding hydrogens is 208 g/mol. The zero-order valence-electron chi connectivity index (χ0n) is 2.27. The first kappa shape index (κ1) is 5.92. The quantitative estimate of drug-likeness (QED) is 0.421. The number of aldehydes is 1. The van der Waals surface area contributed by atoms with Gasteiger partial charge in [0.1, 0.15) is 0 Å². The molecule has 0 fully saturated rings. The summed E-state index contributed by atoms with van der Waals surface area (Å²) in [6.45, 7) is 0. The Morgan fingerprint density at radius 3 is 2.00 bits per heavy atom. The summed E-state index contributed by atoms with van der Waals surface area (Å²) in [6, 6.07) is 0. The van der Waals surface area contributed by atoms with Gasteiger partial charge in [0.15, 0.2) is 0 Å². The van der Waals surface area contributed by atoms with E-state index in [9.17, 15) is 4.79 Å². The third-order valence-electron chi connectivity index (χ3n) is 0.0927. The molecular formula is C2HEuO2. The first-order valence-corrected chi connectivity index (χ1v) is 2.13. The average molecular weight is 209 g/mol. The standard InChI is InChI=1S/C2HO2.Eu/c3-1-2-4;/h1H;. The topological polar surface area (TPSA) is 34.1 Å². The van der Waals surface area contributed by atoms with Crippen LogP contribution in [0.3, 0.4) is 0 Å². The maximum absolute atomic E-state index is 9.47. The summed E-state index contributed by atoms with van der Waals surface area (Å²) in [6.07, 6.45) is 0.302. The Bertz CT molecular complexity index is 58.7. The maximum atomic E-state index is 9.47. The molecule has 3 heteroatoms. The predicted octanol–water partition coefficient (Wildman–Crippen LogP) is -0.739. The summed E-state index contributed by atoms with van der Waals surface area (Å²) in [7, 11) is 0. The van der Waals surface area contributed by atoms with E-state index in [1.807, 2.05) is 0 Å². The number of carbonyl (C=O) groups excluding carboxylic acids is 2. The van der Waals surface area contributed by atoms with Crippen LogP contribution < -0.4 is 0 Å². The van der Waals surface area contributed by atoms with Crippen LogP contribution in [0, 0.1) is 47.0 Å². The van der Waals surface area contributed by atoms with Crippen LogP contribution in [0.2, 0.25) is 0 Å². The average Bonchev–Trinajstić information content (AvgIpc) is 1.38. The van der Waals surface area contributed by atoms with E-state index in [0.717, 1.165) is 47.0 Å². The molecule has 0 aromatic heterocycles. The van der Waals surface area contributed by atoms with E-state index in [1.165, 1.54) is 0 Å². The van der Waals surface area contributed by atoms with Gasteiger partial charge in [-0.15, -0.1) is 0 Å². The monoisotopic (exact) mass is 210 g/mol. The SMILES string of the molecule is O=C[C](=O)[Eu]. The van der Waals surface area contributed by atoms with E-state index in [-0.39, 0.29) is 0.177 Å². The molecule has 0 aromatic carbocycles. The Morgan fingerprint density at radius 1 is 1.80 bits per heavy atom. The second-order valence-electron chi connectivity index (χ2n) is 0.422. The predicted molar refractivity (Wildman–Crippen MR) is 11.1 cm³/mol. The van der Waals surface area contributed by atoms with Gasteiger partial charge < -0.3 is 0 Å². The molecule has 0 saturated heterocycles. The molecule has 5 heavy (non-hydrogen) atoms. The number of hydrogen-bond acceptors (Lipinski definition) is 2. The van der Waals surface area contributed by atoms with Gasteiger partial charge in [0.05, 0.1) is 0 Å². The number of hydrogen-bond donors (Lipinski definition) is 0. The van der Waals surface area contributed by atoms with Crippen molar-refractivity contribution < 1.29 is 56.6 Å². The minimum atomic E-state index is -0.370. The molecule has 0 amide bonds. The third kappa shape index (κ3) is 4.92. The molecule has 0 rings (SSSR count). The Morgan fingerprint density at radius 2 is 2.00 bits per heavy atom. The second kappa shape index (κ2) is 3.13. The van der Waals surface area contributed by atoms with Gasteiger partial charge >= 0.3 is 63.1 Å². The molecule has 0 aliphatic rings. The minimum absolute atomic E-state index is 0.302. The van der Waals surface area contributed by atoms with Crippen LogP contribution in [0.15, 0.2) is 0 Å². The molecule has 0 aliphatic heterocycles. The zero-order chi connectivity index (χ0) is 4.28. The van der Waals surface area contributed by atoms with Gasteiger partial charge in [0, 0.05) is 0 Å². The van der Waals surface area contributed by atoms with Gasteiger partial charge in [-0.3, -0.25) is 0 Å². The zero-order valence-corrected chi connectivity index (χ0v) is 4.70. The van der Waals surface area contributed by atoms with Crippen LogP contribution in [0.1, 0.15) is 0 Å². The van der Waals surface area contributed by atoms with Gasteiger partial charge in [0.25, 0.3) is 0 Å². The number of carbonyl (C=O) groups is 2. The van der Waals surface area contributed by atoms with E-state index >= 15 is 0 Å². The molecule has 0 aromatic rings. The van der Waals surface area contributed by atoms with Crippen molar-refractivity contribution in [3.05, 3.63) is 0 Å². The summed E-state index contributed by atoms with van der Waals surface area (Å²) in [5.41, 5.74) is 0. The molecule has 0 unspecified atom stereocenters. The van der Waals surface area contributed by atoms with Crippen molar-refractivity contribution in [2.45, 2.75) is 0 Å². The fourth-order valence-corrected chi connectivity index (χ4v) is 0. The fourth-order valence-electron chi connectivity index (χ4n) is 0. The van der Waals surface area contributed by atoms with Crippen molar-refractivity contribution in [2.24, 2.45) is 0 Å². The first-order valence-electron chi connectivity index (χ1n) is 0.917. The molecule has 0 bridgehead atoms. The number of rotatable bonds is 1. The Balaban J connectivity index is 3.20. The molecule has 0 heterocycles. The Labute approximate surface area is 62.0 Å². The van der Waals surface area contributed by atoms with Gasteiger partial charge in [0.2, 0.25) is 0 Å². The van der Waals surface area contributed by atoms with Crippen LogP contribution in [-0.4, -0.2) is 6.46 Å². The molecule has 28 valence electrons. The van der Waals surface area contributed by atoms with Gasteiger partial charge in [-0.25, -0.2) is 0 Å². The van der Waals surface area contributed by atoms with E-state index in [0.29, 0.717) is 6.29 Å². The van der Waals surface area contributed by atoms with Crippen LogP contribution in [-0.2, 0) is 9.59 Å². The van der Waals surface area contributed by atoms with Gasteiger partial charge in [-0.1, -0.05) is 0 Å². The fraction of sp³-hybridized carbons (Fsp3) is 0. The Hall–Kier alpha value is 0.924. The summed E-state index contributed by atoms with van der Waals surface area (Å²) in [5.74, 6) is 0. The van der Waals surface area contributed by atoms with Crippen molar-refractivity contribution in [2.75, 3.05) is 0 Å². The van der Waals surface area contributed by atoms with Crippen molar-refractivity contribution in [3.63, 3.8) is 0 Å². The van der Waals surface area contributed by atoms with Crippen LogP contribution >= 0.6 is 0 Å². The first-order chi connectivity index (χ1) is 2.27. The van der Waals surface area contributed by atoms with E-state index in [1.54, 1.807) is 0 Å². The van der Waals surface area contributed by atoms with Gasteiger partial charge in [-0.2, -0.15) is 0 Å². The second-order valence-corrected chi connectivity index (χ2v) is 1.62. The molecule has 2 nitrogen and oxygen atoms in total. The van der Waals surface area contributed by atoms with E-state index in [4.69, 9.17) is 4.79 Å². The van der Waals surface area contributed by atoms with Crippen LogP contribution in [0.4, 0.5) is 0 Å². The van der Waals surface area contributed by atoms with Crippen molar-refractivity contribution in [1.82, 2.24) is 0 Å². The van der Waals surface area contributed by atoms with Crippen LogP contribution in [0.25, 0.3) is 0 Å². The summed E-state index contributed by atoms with van der Waals surface area (Å²) < 4.78 is -0.370. The molecule has 0 atom stereocenters. The normalized spacial score (nSPS) is 6.60. The summed E-state index contributed by atoms with van der Waals surface area (Å²) in [4.78, 5) is 18.6. The summed E-state index contributed by atoms with van der Waals surface area (Å²) in [5, 5.41) is 0. The molecule has 0 spiro atoms. The van der Waals surface area contributed by atoms with E-state index < -0.39 is 0 Å². The van der Waals surface area contributed by atoms with E-state index in [2.05, 4.69) is 0 Å².